The third kappa shape index (κ3) is 2.50. The van der Waals surface area contributed by atoms with Gasteiger partial charge < -0.3 is 9.72 Å². The predicted molar refractivity (Wildman–Crippen MR) is 73.7 cm³/mol. The minimum Gasteiger partial charge on any atom is -0.363 e. The van der Waals surface area contributed by atoms with Crippen LogP contribution >= 0.6 is 0 Å². The molecule has 6 heteroatoms. The number of hydrogen-bond donors (Lipinski definition) is 1. The molecule has 0 amide bonds. The number of rotatable bonds is 4. The van der Waals surface area contributed by atoms with Gasteiger partial charge in [-0.1, -0.05) is 0 Å². The Bertz CT molecular complexity index is 708. The van der Waals surface area contributed by atoms with Crippen molar-refractivity contribution < 1.29 is 4.74 Å². The quantitative estimate of drug-likeness (QED) is 0.785. The smallest absolute Gasteiger partial charge is 0.180 e. The van der Waals surface area contributed by atoms with Gasteiger partial charge in [-0.3, -0.25) is 4.98 Å². The van der Waals surface area contributed by atoms with Crippen molar-refractivity contribution in [1.29, 1.82) is 0 Å². The first kappa shape index (κ1) is 12.7. The van der Waals surface area contributed by atoms with E-state index in [0.717, 1.165) is 11.1 Å². The van der Waals surface area contributed by atoms with Gasteiger partial charge in [0.1, 0.15) is 11.1 Å². The van der Waals surface area contributed by atoms with Crippen LogP contribution in [-0.2, 0) is 16.9 Å². The van der Waals surface area contributed by atoms with E-state index in [0.29, 0.717) is 18.1 Å². The summed E-state index contributed by atoms with van der Waals surface area (Å²) in [6.07, 6.45) is 6.83. The number of ether oxygens (including phenoxy) is 1. The molecule has 1 N–H and O–H groups in total. The molecule has 0 radical (unpaired) electrons. The zero-order chi connectivity index (χ0) is 14.0. The number of hydrogen-bond acceptors (Lipinski definition) is 5. The van der Waals surface area contributed by atoms with Crippen molar-refractivity contribution in [3.05, 3.63) is 48.4 Å². The van der Waals surface area contributed by atoms with Crippen molar-refractivity contribution in [1.82, 2.24) is 24.9 Å². The largest absolute Gasteiger partial charge is 0.363 e. The lowest BCUT2D eigenvalue weighted by molar-refractivity contribution is -0.0398. The molecule has 3 rings (SSSR count). The van der Waals surface area contributed by atoms with Gasteiger partial charge in [0.05, 0.1) is 19.1 Å². The first-order chi connectivity index (χ1) is 9.65. The van der Waals surface area contributed by atoms with Gasteiger partial charge in [-0.2, -0.15) is 0 Å². The van der Waals surface area contributed by atoms with Crippen LogP contribution in [0.25, 0.3) is 11.2 Å². The van der Waals surface area contributed by atoms with Crippen molar-refractivity contribution in [3.63, 3.8) is 0 Å². The van der Waals surface area contributed by atoms with Crippen LogP contribution in [-0.4, -0.2) is 24.9 Å². The number of H-pyrrole nitrogens is 1. The summed E-state index contributed by atoms with van der Waals surface area (Å²) in [5, 5.41) is 0. The molecule has 0 aromatic carbocycles. The Hall–Kier alpha value is -2.34. The highest BCUT2D eigenvalue weighted by Crippen LogP contribution is 2.23. The van der Waals surface area contributed by atoms with E-state index in [-0.39, 0.29) is 0 Å². The summed E-state index contributed by atoms with van der Waals surface area (Å²) >= 11 is 0. The Morgan fingerprint density at radius 1 is 1.20 bits per heavy atom. The molecule has 0 saturated carbocycles. The molecular formula is C14H15N5O. The molecule has 0 aliphatic rings. The topological polar surface area (TPSA) is 76.6 Å². The molecule has 0 aliphatic carbocycles. The van der Waals surface area contributed by atoms with E-state index in [1.54, 1.807) is 24.9 Å². The molecule has 3 heterocycles. The monoisotopic (exact) mass is 269 g/mol. The van der Waals surface area contributed by atoms with Crippen molar-refractivity contribution >= 4 is 11.2 Å². The summed E-state index contributed by atoms with van der Waals surface area (Å²) in [6, 6.07) is 3.85. The van der Waals surface area contributed by atoms with Crippen LogP contribution in [0.15, 0.2) is 37.1 Å². The highest BCUT2D eigenvalue weighted by atomic mass is 16.5. The fourth-order valence-corrected chi connectivity index (χ4v) is 1.83. The van der Waals surface area contributed by atoms with Crippen LogP contribution in [0, 0.1) is 0 Å². The maximum absolute atomic E-state index is 5.94. The second-order valence-electron chi connectivity index (χ2n) is 4.99. The number of pyridine rings is 1. The van der Waals surface area contributed by atoms with Crippen LogP contribution in [0.2, 0.25) is 0 Å². The van der Waals surface area contributed by atoms with Gasteiger partial charge in [0.2, 0.25) is 0 Å². The molecule has 6 nitrogen and oxygen atoms in total. The van der Waals surface area contributed by atoms with Gasteiger partial charge in [0, 0.05) is 12.4 Å². The van der Waals surface area contributed by atoms with Crippen molar-refractivity contribution in [2.45, 2.75) is 26.1 Å². The first-order valence-corrected chi connectivity index (χ1v) is 6.34. The van der Waals surface area contributed by atoms with E-state index in [9.17, 15) is 0 Å². The Morgan fingerprint density at radius 3 is 2.80 bits per heavy atom. The minimum atomic E-state index is -0.587. The molecule has 3 aromatic rings. The van der Waals surface area contributed by atoms with Crippen molar-refractivity contribution in [2.75, 3.05) is 0 Å². The Balaban J connectivity index is 1.79. The molecule has 0 atom stereocenters. The summed E-state index contributed by atoms with van der Waals surface area (Å²) in [7, 11) is 0. The van der Waals surface area contributed by atoms with Gasteiger partial charge >= 0.3 is 0 Å². The van der Waals surface area contributed by atoms with Crippen molar-refractivity contribution in [2.24, 2.45) is 0 Å². The summed E-state index contributed by atoms with van der Waals surface area (Å²) < 4.78 is 5.94. The van der Waals surface area contributed by atoms with E-state index < -0.39 is 5.60 Å². The summed E-state index contributed by atoms with van der Waals surface area (Å²) in [4.78, 5) is 19.9. The lowest BCUT2D eigenvalue weighted by Crippen LogP contribution is -2.24. The minimum absolute atomic E-state index is 0.484. The zero-order valence-corrected chi connectivity index (χ0v) is 11.4. The average molecular weight is 269 g/mol. The standard InChI is InChI=1S/C14H15N5O/c1-14(2,20-8-10-3-5-15-6-4-10)13-16-7-11-12(19-13)18-9-17-11/h3-7,9H,8H2,1-2H3,(H,16,17,18,19). The highest BCUT2D eigenvalue weighted by Gasteiger charge is 2.25. The van der Waals surface area contributed by atoms with Crippen LogP contribution in [0.4, 0.5) is 0 Å². The van der Waals surface area contributed by atoms with Crippen LogP contribution in [0.5, 0.6) is 0 Å². The van der Waals surface area contributed by atoms with Crippen LogP contribution in [0.3, 0.4) is 0 Å². The number of imidazole rings is 1. The lowest BCUT2D eigenvalue weighted by Gasteiger charge is -2.23. The van der Waals surface area contributed by atoms with E-state index in [1.807, 2.05) is 26.0 Å². The molecule has 20 heavy (non-hydrogen) atoms. The van der Waals surface area contributed by atoms with Gasteiger partial charge in [-0.05, 0) is 31.5 Å². The maximum Gasteiger partial charge on any atom is 0.180 e. The summed E-state index contributed by atoms with van der Waals surface area (Å²) in [5.41, 5.74) is 1.94. The Labute approximate surface area is 116 Å². The van der Waals surface area contributed by atoms with Gasteiger partial charge in [0.25, 0.3) is 0 Å². The van der Waals surface area contributed by atoms with Gasteiger partial charge in [-0.15, -0.1) is 0 Å². The molecule has 3 aromatic heterocycles. The zero-order valence-electron chi connectivity index (χ0n) is 11.4. The molecule has 0 bridgehead atoms. The Morgan fingerprint density at radius 2 is 2.00 bits per heavy atom. The summed E-state index contributed by atoms with van der Waals surface area (Å²) in [6.45, 7) is 4.38. The van der Waals surface area contributed by atoms with Crippen LogP contribution in [0.1, 0.15) is 25.2 Å². The molecule has 0 fully saturated rings. The third-order valence-electron chi connectivity index (χ3n) is 3.06. The van der Waals surface area contributed by atoms with Crippen LogP contribution < -0.4 is 0 Å². The average Bonchev–Trinajstić information content (AvgIpc) is 2.94. The first-order valence-electron chi connectivity index (χ1n) is 6.34. The molecule has 0 saturated heterocycles. The molecular weight excluding hydrogens is 254 g/mol. The van der Waals surface area contributed by atoms with Gasteiger partial charge in [0.15, 0.2) is 11.5 Å². The second kappa shape index (κ2) is 4.97. The van der Waals surface area contributed by atoms with E-state index >= 15 is 0 Å². The summed E-state index contributed by atoms with van der Waals surface area (Å²) in [5.74, 6) is 0.617. The SMILES string of the molecule is CC(C)(OCc1ccncc1)c1ncc2[nH]cnc2n1. The number of fused-ring (bicyclic) bond motifs is 1. The number of aromatic nitrogens is 5. The normalized spacial score (nSPS) is 11.9. The second-order valence-corrected chi connectivity index (χ2v) is 4.99. The van der Waals surface area contributed by atoms with E-state index in [4.69, 9.17) is 4.74 Å². The molecule has 0 aliphatic heterocycles. The fraction of sp³-hybridized carbons (Fsp3) is 0.286. The third-order valence-corrected chi connectivity index (χ3v) is 3.06. The van der Waals surface area contributed by atoms with E-state index in [1.165, 1.54) is 0 Å². The van der Waals surface area contributed by atoms with Gasteiger partial charge in [-0.25, -0.2) is 15.0 Å². The molecule has 102 valence electrons. The molecule has 0 unspecified atom stereocenters. The highest BCUT2D eigenvalue weighted by molar-refractivity contribution is 5.68. The van der Waals surface area contributed by atoms with E-state index in [2.05, 4.69) is 24.9 Å². The fourth-order valence-electron chi connectivity index (χ4n) is 1.83. The Kier molecular flexibility index (Phi) is 3.15. The number of nitrogens with zero attached hydrogens (tertiary/aromatic N) is 4. The lowest BCUT2D eigenvalue weighted by atomic mass is 10.1. The maximum atomic E-state index is 5.94. The predicted octanol–water partition coefficient (Wildman–Crippen LogP) is 2.20. The molecule has 0 spiro atoms. The number of nitrogens with one attached hydrogen (secondary N) is 1. The van der Waals surface area contributed by atoms with Crippen molar-refractivity contribution in [3.8, 4) is 0 Å². The number of aromatic amines is 1.